The minimum Gasteiger partial charge on any atom is -0.479 e. The van der Waals surface area contributed by atoms with Gasteiger partial charge in [0.2, 0.25) is 10.0 Å². The molecule has 2 rings (SSSR count). The number of rotatable bonds is 8. The number of nitrogens with one attached hydrogen (secondary N) is 2. The molecule has 0 saturated carbocycles. The Morgan fingerprint density at radius 2 is 1.96 bits per heavy atom. The van der Waals surface area contributed by atoms with Crippen LogP contribution in [0, 0.1) is 0 Å². The van der Waals surface area contributed by atoms with Gasteiger partial charge in [-0.15, -0.1) is 0 Å². The number of hydrogen-bond donors (Lipinski definition) is 3. The molecular weight excluding hydrogens is 372 g/mol. The molecule has 0 aliphatic rings. The maximum atomic E-state index is 12.4. The van der Waals surface area contributed by atoms with Gasteiger partial charge in [0.1, 0.15) is 0 Å². The number of carbonyl (C=O) groups is 2. The van der Waals surface area contributed by atoms with Gasteiger partial charge in [0.05, 0.1) is 17.6 Å². The van der Waals surface area contributed by atoms with Crippen molar-refractivity contribution in [3.8, 4) is 0 Å². The number of nitrogens with zero attached hydrogens (tertiary/aromatic N) is 2. The van der Waals surface area contributed by atoms with Crippen LogP contribution in [-0.2, 0) is 20.4 Å². The quantitative estimate of drug-likeness (QED) is 0.628. The third-order valence-electron chi connectivity index (χ3n) is 3.81. The maximum Gasteiger partial charge on any atom is 0.331 e. The molecule has 0 aliphatic heterocycles. The first kappa shape index (κ1) is 20.4. The zero-order valence-electron chi connectivity index (χ0n) is 15.3. The summed E-state index contributed by atoms with van der Waals surface area (Å²) < 4.78 is 27.4. The first-order chi connectivity index (χ1) is 12.5. The van der Waals surface area contributed by atoms with Crippen molar-refractivity contribution >= 4 is 33.3 Å². The molecule has 2 aromatic rings. The maximum absolute atomic E-state index is 12.4. The largest absolute Gasteiger partial charge is 0.479 e. The van der Waals surface area contributed by atoms with Crippen molar-refractivity contribution < 1.29 is 23.1 Å². The lowest BCUT2D eigenvalue weighted by Gasteiger charge is -2.19. The summed E-state index contributed by atoms with van der Waals surface area (Å²) >= 11 is 0. The number of hydrogen-bond acceptors (Lipinski definition) is 5. The third kappa shape index (κ3) is 5.07. The van der Waals surface area contributed by atoms with Crippen LogP contribution in [0.2, 0.25) is 0 Å². The molecule has 1 aromatic carbocycles. The van der Waals surface area contributed by atoms with E-state index in [0.717, 1.165) is 0 Å². The van der Waals surface area contributed by atoms with Crippen LogP contribution in [0.4, 0.5) is 11.4 Å². The fourth-order valence-electron chi connectivity index (χ4n) is 2.22. The Morgan fingerprint density at radius 1 is 1.26 bits per heavy atom. The fraction of sp³-hybridized carbons (Fsp3) is 0.353. The van der Waals surface area contributed by atoms with Crippen molar-refractivity contribution in [2.45, 2.75) is 32.7 Å². The monoisotopic (exact) mass is 394 g/mol. The number of anilines is 2. The highest BCUT2D eigenvalue weighted by Crippen LogP contribution is 2.19. The summed E-state index contributed by atoms with van der Waals surface area (Å²) in [5.74, 6) is -1.54. The Morgan fingerprint density at radius 3 is 2.59 bits per heavy atom. The summed E-state index contributed by atoms with van der Waals surface area (Å²) in [5.41, 5.74) is -0.400. The molecule has 0 spiro atoms. The SMILES string of the molecule is CCCS(=O)(=O)Nc1cccc(C(=O)Nc2cnn(C(C)(C)C(=O)O)c2)c1. The second kappa shape index (κ2) is 7.78. The molecule has 0 radical (unpaired) electrons. The normalized spacial score (nSPS) is 11.8. The van der Waals surface area contributed by atoms with E-state index >= 15 is 0 Å². The fourth-order valence-corrected chi connectivity index (χ4v) is 3.34. The highest BCUT2D eigenvalue weighted by atomic mass is 32.2. The van der Waals surface area contributed by atoms with Crippen molar-refractivity contribution in [2.75, 3.05) is 15.8 Å². The van der Waals surface area contributed by atoms with E-state index in [0.29, 0.717) is 17.8 Å². The molecule has 1 aromatic heterocycles. The van der Waals surface area contributed by atoms with Gasteiger partial charge in [0.25, 0.3) is 5.91 Å². The van der Waals surface area contributed by atoms with Crippen LogP contribution < -0.4 is 10.0 Å². The summed E-state index contributed by atoms with van der Waals surface area (Å²) in [6.07, 6.45) is 3.24. The molecule has 0 unspecified atom stereocenters. The lowest BCUT2D eigenvalue weighted by atomic mass is 10.1. The number of carboxylic acid groups (broad SMARTS) is 1. The predicted molar refractivity (Wildman–Crippen MR) is 101 cm³/mol. The van der Waals surface area contributed by atoms with Crippen LogP contribution in [0.5, 0.6) is 0 Å². The van der Waals surface area contributed by atoms with Crippen LogP contribution >= 0.6 is 0 Å². The average molecular weight is 394 g/mol. The zero-order chi connectivity index (χ0) is 20.2. The van der Waals surface area contributed by atoms with Gasteiger partial charge in [-0.05, 0) is 38.5 Å². The van der Waals surface area contributed by atoms with Crippen LogP contribution in [0.15, 0.2) is 36.7 Å². The summed E-state index contributed by atoms with van der Waals surface area (Å²) in [6.45, 7) is 4.73. The van der Waals surface area contributed by atoms with E-state index in [1.165, 1.54) is 37.0 Å². The van der Waals surface area contributed by atoms with E-state index in [4.69, 9.17) is 0 Å². The Balaban J connectivity index is 2.14. The molecule has 9 nitrogen and oxygen atoms in total. The topological polar surface area (TPSA) is 130 Å². The third-order valence-corrected chi connectivity index (χ3v) is 5.30. The van der Waals surface area contributed by atoms with Gasteiger partial charge >= 0.3 is 5.97 Å². The zero-order valence-corrected chi connectivity index (χ0v) is 16.1. The van der Waals surface area contributed by atoms with E-state index < -0.39 is 27.4 Å². The van der Waals surface area contributed by atoms with Gasteiger partial charge in [0.15, 0.2) is 5.54 Å². The van der Waals surface area contributed by atoms with Crippen LogP contribution in [-0.4, -0.2) is 40.9 Å². The van der Waals surface area contributed by atoms with Crippen molar-refractivity contribution in [1.82, 2.24) is 9.78 Å². The highest BCUT2D eigenvalue weighted by molar-refractivity contribution is 7.92. The number of aliphatic carboxylic acids is 1. The van der Waals surface area contributed by atoms with E-state index in [9.17, 15) is 23.1 Å². The van der Waals surface area contributed by atoms with Gasteiger partial charge in [-0.2, -0.15) is 5.10 Å². The first-order valence-electron chi connectivity index (χ1n) is 8.25. The van der Waals surface area contributed by atoms with E-state index in [-0.39, 0.29) is 11.3 Å². The van der Waals surface area contributed by atoms with Gasteiger partial charge in [-0.25, -0.2) is 13.2 Å². The first-order valence-corrected chi connectivity index (χ1v) is 9.91. The molecule has 10 heteroatoms. The van der Waals surface area contributed by atoms with Gasteiger partial charge in [-0.3, -0.25) is 14.2 Å². The average Bonchev–Trinajstić information content (AvgIpc) is 3.03. The number of benzene rings is 1. The second-order valence-corrected chi connectivity index (χ2v) is 8.34. The van der Waals surface area contributed by atoms with Crippen molar-refractivity contribution in [3.63, 3.8) is 0 Å². The number of amides is 1. The summed E-state index contributed by atoms with van der Waals surface area (Å²) in [5, 5.41) is 15.8. The lowest BCUT2D eigenvalue weighted by Crippen LogP contribution is -2.35. The summed E-state index contributed by atoms with van der Waals surface area (Å²) in [4.78, 5) is 23.7. The smallest absolute Gasteiger partial charge is 0.331 e. The van der Waals surface area contributed by atoms with Crippen molar-refractivity contribution in [3.05, 3.63) is 42.2 Å². The number of carbonyl (C=O) groups excluding carboxylic acids is 1. The van der Waals surface area contributed by atoms with Crippen LogP contribution in [0.3, 0.4) is 0 Å². The number of aromatic nitrogens is 2. The summed E-state index contributed by atoms with van der Waals surface area (Å²) in [7, 11) is -3.46. The molecule has 0 aliphatic carbocycles. The number of sulfonamides is 1. The Kier molecular flexibility index (Phi) is 5.89. The molecule has 146 valence electrons. The molecule has 0 saturated heterocycles. The predicted octanol–water partition coefficient (Wildman–Crippen LogP) is 2.11. The summed E-state index contributed by atoms with van der Waals surface area (Å²) in [6, 6.07) is 6.08. The Bertz CT molecular complexity index is 950. The van der Waals surface area contributed by atoms with Gasteiger partial charge in [-0.1, -0.05) is 13.0 Å². The van der Waals surface area contributed by atoms with E-state index in [2.05, 4.69) is 15.1 Å². The molecule has 3 N–H and O–H groups in total. The van der Waals surface area contributed by atoms with Gasteiger partial charge in [0, 0.05) is 17.4 Å². The minimum absolute atomic E-state index is 0.0119. The molecular formula is C17H22N4O5S. The molecule has 0 bridgehead atoms. The Labute approximate surface area is 157 Å². The van der Waals surface area contributed by atoms with E-state index in [1.807, 2.05) is 0 Å². The second-order valence-electron chi connectivity index (χ2n) is 6.49. The molecule has 1 heterocycles. The lowest BCUT2D eigenvalue weighted by molar-refractivity contribution is -0.146. The highest BCUT2D eigenvalue weighted by Gasteiger charge is 2.30. The standard InChI is InChI=1S/C17H22N4O5S/c1-4-8-27(25,26)20-13-7-5-6-12(9-13)15(22)19-14-10-18-21(11-14)17(2,3)16(23)24/h5-7,9-11,20H,4,8H2,1-3H3,(H,19,22)(H,23,24). The van der Waals surface area contributed by atoms with Crippen LogP contribution in [0.1, 0.15) is 37.6 Å². The van der Waals surface area contributed by atoms with E-state index in [1.54, 1.807) is 25.1 Å². The van der Waals surface area contributed by atoms with Crippen LogP contribution in [0.25, 0.3) is 0 Å². The molecule has 0 fully saturated rings. The molecule has 0 atom stereocenters. The molecule has 27 heavy (non-hydrogen) atoms. The molecule has 1 amide bonds. The van der Waals surface area contributed by atoms with Crippen molar-refractivity contribution in [2.24, 2.45) is 0 Å². The number of carboxylic acids is 1. The minimum atomic E-state index is -3.46. The Hall–Kier alpha value is -2.88. The van der Waals surface area contributed by atoms with Gasteiger partial charge < -0.3 is 10.4 Å². The van der Waals surface area contributed by atoms with Crippen molar-refractivity contribution in [1.29, 1.82) is 0 Å².